The summed E-state index contributed by atoms with van der Waals surface area (Å²) in [4.78, 5) is 2.66. The highest BCUT2D eigenvalue weighted by Gasteiger charge is 2.35. The van der Waals surface area contributed by atoms with Crippen molar-refractivity contribution in [2.75, 3.05) is 13.1 Å². The van der Waals surface area contributed by atoms with E-state index in [1.165, 1.54) is 57.9 Å². The van der Waals surface area contributed by atoms with E-state index in [1.54, 1.807) is 0 Å². The first kappa shape index (κ1) is 15.0. The van der Waals surface area contributed by atoms with Crippen molar-refractivity contribution in [3.8, 4) is 0 Å². The van der Waals surface area contributed by atoms with E-state index in [0.717, 1.165) is 12.6 Å². The molecule has 1 fully saturated rings. The van der Waals surface area contributed by atoms with Crippen molar-refractivity contribution in [2.24, 2.45) is 5.73 Å². The van der Waals surface area contributed by atoms with E-state index in [-0.39, 0.29) is 5.54 Å². The molecule has 0 aliphatic carbocycles. The van der Waals surface area contributed by atoms with E-state index in [1.807, 2.05) is 0 Å². The lowest BCUT2D eigenvalue weighted by Gasteiger charge is -2.41. The Labute approximate surface area is 108 Å². The normalized spacial score (nSPS) is 25.1. The van der Waals surface area contributed by atoms with Crippen molar-refractivity contribution >= 4 is 0 Å². The Morgan fingerprint density at radius 2 is 1.94 bits per heavy atom. The molecular formula is C15H32N2. The number of hydrogen-bond acceptors (Lipinski definition) is 2. The minimum Gasteiger partial charge on any atom is -0.329 e. The van der Waals surface area contributed by atoms with Gasteiger partial charge in [-0.25, -0.2) is 0 Å². The Balaban J connectivity index is 2.34. The van der Waals surface area contributed by atoms with Gasteiger partial charge in [0.2, 0.25) is 0 Å². The molecule has 1 rings (SSSR count). The number of nitrogens with two attached hydrogens (primary N) is 1. The largest absolute Gasteiger partial charge is 0.329 e. The highest BCUT2D eigenvalue weighted by molar-refractivity contribution is 4.93. The molecule has 0 amide bonds. The Morgan fingerprint density at radius 3 is 2.47 bits per heavy atom. The number of nitrogens with zero attached hydrogens (tertiary/aromatic N) is 1. The second-order valence-corrected chi connectivity index (χ2v) is 6.05. The molecule has 0 aromatic heterocycles. The molecule has 2 nitrogen and oxygen atoms in total. The van der Waals surface area contributed by atoms with Crippen molar-refractivity contribution in [3.05, 3.63) is 0 Å². The summed E-state index contributed by atoms with van der Waals surface area (Å²) in [6.07, 6.45) is 10.8. The van der Waals surface area contributed by atoms with Crippen LogP contribution < -0.4 is 5.73 Å². The maximum Gasteiger partial charge on any atom is 0.0306 e. The number of rotatable bonds is 8. The third kappa shape index (κ3) is 4.26. The maximum absolute atomic E-state index is 6.05. The zero-order valence-electron chi connectivity index (χ0n) is 12.2. The van der Waals surface area contributed by atoms with E-state index < -0.39 is 0 Å². The second-order valence-electron chi connectivity index (χ2n) is 6.05. The molecule has 1 aliphatic rings. The zero-order valence-corrected chi connectivity index (χ0v) is 12.2. The summed E-state index contributed by atoms with van der Waals surface area (Å²) < 4.78 is 0. The molecule has 0 bridgehead atoms. The first-order valence-electron chi connectivity index (χ1n) is 7.61. The molecule has 102 valence electrons. The Hall–Kier alpha value is -0.0800. The molecule has 0 aromatic rings. The summed E-state index contributed by atoms with van der Waals surface area (Å²) in [6, 6.07) is 0.735. The van der Waals surface area contributed by atoms with Gasteiger partial charge in [0.05, 0.1) is 0 Å². The Kier molecular flexibility index (Phi) is 6.50. The molecule has 17 heavy (non-hydrogen) atoms. The van der Waals surface area contributed by atoms with Gasteiger partial charge in [-0.15, -0.1) is 0 Å². The highest BCUT2D eigenvalue weighted by atomic mass is 15.2. The lowest BCUT2D eigenvalue weighted by Crippen LogP contribution is -2.52. The van der Waals surface area contributed by atoms with Crippen molar-refractivity contribution in [3.63, 3.8) is 0 Å². The van der Waals surface area contributed by atoms with Gasteiger partial charge >= 0.3 is 0 Å². The second kappa shape index (κ2) is 7.38. The maximum atomic E-state index is 6.05. The fraction of sp³-hybridized carbons (Fsp3) is 1.00. The minimum absolute atomic E-state index is 0.252. The quantitative estimate of drug-likeness (QED) is 0.657. The van der Waals surface area contributed by atoms with Crippen LogP contribution >= 0.6 is 0 Å². The number of hydrogen-bond donors (Lipinski definition) is 1. The van der Waals surface area contributed by atoms with Crippen molar-refractivity contribution < 1.29 is 0 Å². The summed E-state index contributed by atoms with van der Waals surface area (Å²) >= 11 is 0. The fourth-order valence-corrected chi connectivity index (χ4v) is 3.21. The lowest BCUT2D eigenvalue weighted by molar-refractivity contribution is 0.0921. The molecule has 1 heterocycles. The fourth-order valence-electron chi connectivity index (χ4n) is 3.21. The summed E-state index contributed by atoms with van der Waals surface area (Å²) in [6.45, 7) is 9.07. The van der Waals surface area contributed by atoms with Crippen molar-refractivity contribution in [1.82, 2.24) is 4.90 Å². The predicted molar refractivity (Wildman–Crippen MR) is 76.2 cm³/mol. The molecule has 2 atom stereocenters. The van der Waals surface area contributed by atoms with Gasteiger partial charge in [0.15, 0.2) is 0 Å². The Morgan fingerprint density at radius 1 is 1.24 bits per heavy atom. The van der Waals surface area contributed by atoms with Crippen LogP contribution in [0.15, 0.2) is 0 Å². The Bertz CT molecular complexity index is 205. The molecular weight excluding hydrogens is 208 g/mol. The molecule has 0 saturated carbocycles. The highest BCUT2D eigenvalue weighted by Crippen LogP contribution is 2.30. The van der Waals surface area contributed by atoms with E-state index in [4.69, 9.17) is 5.73 Å². The average Bonchev–Trinajstić information content (AvgIpc) is 2.75. The third-order valence-corrected chi connectivity index (χ3v) is 4.51. The van der Waals surface area contributed by atoms with Gasteiger partial charge in [-0.3, -0.25) is 4.90 Å². The van der Waals surface area contributed by atoms with Crippen LogP contribution in [0.5, 0.6) is 0 Å². The minimum atomic E-state index is 0.252. The van der Waals surface area contributed by atoms with Crippen LogP contribution in [0.1, 0.15) is 72.1 Å². The van der Waals surface area contributed by atoms with Gasteiger partial charge in [0, 0.05) is 18.1 Å². The first-order valence-corrected chi connectivity index (χ1v) is 7.61. The van der Waals surface area contributed by atoms with Gasteiger partial charge in [-0.05, 0) is 39.7 Å². The van der Waals surface area contributed by atoms with Gasteiger partial charge in [-0.1, -0.05) is 39.0 Å². The van der Waals surface area contributed by atoms with Crippen molar-refractivity contribution in [1.29, 1.82) is 0 Å². The summed E-state index contributed by atoms with van der Waals surface area (Å²) in [7, 11) is 0. The first-order chi connectivity index (χ1) is 8.14. The van der Waals surface area contributed by atoms with Crippen LogP contribution in [0.2, 0.25) is 0 Å². The summed E-state index contributed by atoms with van der Waals surface area (Å²) in [5.41, 5.74) is 6.30. The molecule has 0 aromatic carbocycles. The monoisotopic (exact) mass is 240 g/mol. The van der Waals surface area contributed by atoms with Crippen LogP contribution in [0.4, 0.5) is 0 Å². The van der Waals surface area contributed by atoms with Crippen LogP contribution in [0.25, 0.3) is 0 Å². The van der Waals surface area contributed by atoms with Gasteiger partial charge < -0.3 is 5.73 Å². The molecule has 2 heteroatoms. The van der Waals surface area contributed by atoms with Crippen LogP contribution in [0, 0.1) is 0 Å². The topological polar surface area (TPSA) is 29.3 Å². The average molecular weight is 240 g/mol. The molecule has 2 N–H and O–H groups in total. The van der Waals surface area contributed by atoms with Gasteiger partial charge in [-0.2, -0.15) is 0 Å². The number of unbranched alkanes of at least 4 members (excludes halogenated alkanes) is 4. The van der Waals surface area contributed by atoms with E-state index >= 15 is 0 Å². The SMILES string of the molecule is CCCCCCCC(C)(CN)N1CCCC1C. The molecule has 1 saturated heterocycles. The third-order valence-electron chi connectivity index (χ3n) is 4.51. The summed E-state index contributed by atoms with van der Waals surface area (Å²) in [5.74, 6) is 0. The van der Waals surface area contributed by atoms with Crippen molar-refractivity contribution in [2.45, 2.75) is 83.7 Å². The van der Waals surface area contributed by atoms with Gasteiger partial charge in [0.1, 0.15) is 0 Å². The zero-order chi connectivity index (χ0) is 12.7. The number of likely N-dealkylation sites (tertiary alicyclic amines) is 1. The van der Waals surface area contributed by atoms with E-state index in [2.05, 4.69) is 25.7 Å². The molecule has 2 unspecified atom stereocenters. The van der Waals surface area contributed by atoms with Gasteiger partial charge in [0.25, 0.3) is 0 Å². The van der Waals surface area contributed by atoms with Crippen LogP contribution in [-0.4, -0.2) is 29.6 Å². The van der Waals surface area contributed by atoms with E-state index in [0.29, 0.717) is 0 Å². The molecule has 0 radical (unpaired) electrons. The smallest absolute Gasteiger partial charge is 0.0306 e. The molecule has 0 spiro atoms. The standard InChI is InChI=1S/C15H32N2/c1-4-5-6-7-8-11-15(3,13-16)17-12-9-10-14(17)2/h14H,4-13,16H2,1-3H3. The lowest BCUT2D eigenvalue weighted by atomic mass is 9.91. The predicted octanol–water partition coefficient (Wildman–Crippen LogP) is 3.55. The van der Waals surface area contributed by atoms with Crippen LogP contribution in [-0.2, 0) is 0 Å². The van der Waals surface area contributed by atoms with Crippen LogP contribution in [0.3, 0.4) is 0 Å². The summed E-state index contributed by atoms with van der Waals surface area (Å²) in [5, 5.41) is 0. The van der Waals surface area contributed by atoms with E-state index in [9.17, 15) is 0 Å². The molecule has 1 aliphatic heterocycles.